The molecule has 0 atom stereocenters. The van der Waals surface area contributed by atoms with Crippen molar-refractivity contribution in [3.05, 3.63) is 112 Å². The summed E-state index contributed by atoms with van der Waals surface area (Å²) in [7, 11) is 0. The van der Waals surface area contributed by atoms with Crippen LogP contribution in [0.4, 0.5) is 0 Å². The predicted octanol–water partition coefficient (Wildman–Crippen LogP) is 8.37. The number of nitrogens with zero attached hydrogens (tertiary/aromatic N) is 2. The lowest BCUT2D eigenvalue weighted by Gasteiger charge is -2.22. The lowest BCUT2D eigenvalue weighted by atomic mass is 9.96. The van der Waals surface area contributed by atoms with Crippen LogP contribution in [-0.2, 0) is 19.8 Å². The summed E-state index contributed by atoms with van der Waals surface area (Å²) in [5, 5.41) is 14.3. The largest absolute Gasteiger partial charge is 0.488 e. The van der Waals surface area contributed by atoms with E-state index in [2.05, 4.69) is 68.3 Å². The summed E-state index contributed by atoms with van der Waals surface area (Å²) in [4.78, 5) is 4.14. The molecule has 0 spiro atoms. The molecule has 208 valence electrons. The molecule has 1 N–H and O–H groups in total. The van der Waals surface area contributed by atoms with Crippen LogP contribution in [0.3, 0.4) is 0 Å². The third kappa shape index (κ3) is 6.89. The summed E-state index contributed by atoms with van der Waals surface area (Å²) < 4.78 is 18.0. The highest BCUT2D eigenvalue weighted by Gasteiger charge is 2.16. The first-order valence-electron chi connectivity index (χ1n) is 13.4. The molecular weight excluding hydrogens is 534 g/mol. The number of halogens is 1. The van der Waals surface area contributed by atoms with Gasteiger partial charge in [0, 0.05) is 47.1 Å². The monoisotopic (exact) mass is 565 g/mol. The fourth-order valence-electron chi connectivity index (χ4n) is 4.55. The van der Waals surface area contributed by atoms with Crippen LogP contribution < -0.4 is 14.8 Å². The second-order valence-corrected chi connectivity index (χ2v) is 11.4. The molecule has 0 amide bonds. The van der Waals surface area contributed by atoms with Crippen LogP contribution in [0, 0.1) is 18.3 Å². The zero-order valence-electron chi connectivity index (χ0n) is 23.6. The molecule has 41 heavy (non-hydrogen) atoms. The molecule has 2 heterocycles. The topological polar surface area (TPSA) is 80.3 Å². The van der Waals surface area contributed by atoms with E-state index in [4.69, 9.17) is 25.5 Å². The van der Waals surface area contributed by atoms with Gasteiger partial charge in [-0.2, -0.15) is 5.26 Å². The van der Waals surface area contributed by atoms with E-state index in [9.17, 15) is 5.26 Å². The van der Waals surface area contributed by atoms with Crippen LogP contribution in [0.25, 0.3) is 22.1 Å². The molecule has 6 nitrogen and oxygen atoms in total. The van der Waals surface area contributed by atoms with Crippen molar-refractivity contribution >= 4 is 22.6 Å². The maximum absolute atomic E-state index is 9.22. The second-order valence-electron chi connectivity index (χ2n) is 11.0. The fourth-order valence-corrected chi connectivity index (χ4v) is 4.79. The summed E-state index contributed by atoms with van der Waals surface area (Å²) >= 11 is 6.72. The highest BCUT2D eigenvalue weighted by atomic mass is 35.5. The molecule has 5 aromatic rings. The Balaban J connectivity index is 1.38. The Morgan fingerprint density at radius 1 is 0.951 bits per heavy atom. The Kier molecular flexibility index (Phi) is 8.30. The molecule has 0 saturated heterocycles. The molecule has 0 aliphatic carbocycles. The zero-order valence-corrected chi connectivity index (χ0v) is 24.4. The molecule has 0 bridgehead atoms. The van der Waals surface area contributed by atoms with Crippen LogP contribution >= 0.6 is 11.6 Å². The maximum atomic E-state index is 9.22. The van der Waals surface area contributed by atoms with Gasteiger partial charge in [0.15, 0.2) is 0 Å². The quantitative estimate of drug-likeness (QED) is 0.193. The smallest absolute Gasteiger partial charge is 0.142 e. The molecule has 3 aromatic carbocycles. The van der Waals surface area contributed by atoms with Gasteiger partial charge in [-0.05, 0) is 80.3 Å². The minimum atomic E-state index is -0.0886. The van der Waals surface area contributed by atoms with E-state index in [1.54, 1.807) is 18.5 Å². The van der Waals surface area contributed by atoms with E-state index in [0.29, 0.717) is 35.2 Å². The van der Waals surface area contributed by atoms with Gasteiger partial charge in [-0.3, -0.25) is 4.98 Å². The van der Waals surface area contributed by atoms with Crippen LogP contribution in [0.5, 0.6) is 11.5 Å². The van der Waals surface area contributed by atoms with Gasteiger partial charge in [0.05, 0.1) is 16.8 Å². The van der Waals surface area contributed by atoms with Crippen molar-refractivity contribution in [1.29, 1.82) is 5.26 Å². The van der Waals surface area contributed by atoms with Gasteiger partial charge in [0.25, 0.3) is 0 Å². The number of benzene rings is 3. The molecule has 0 aliphatic rings. The first kappa shape index (κ1) is 28.2. The average molecular weight is 566 g/mol. The van der Waals surface area contributed by atoms with Crippen molar-refractivity contribution < 1.29 is 13.9 Å². The van der Waals surface area contributed by atoms with Gasteiger partial charge < -0.3 is 19.2 Å². The fraction of sp³-hybridized carbons (Fsp3) is 0.235. The average Bonchev–Trinajstić information content (AvgIpc) is 3.43. The van der Waals surface area contributed by atoms with Crippen molar-refractivity contribution in [2.45, 2.75) is 53.0 Å². The van der Waals surface area contributed by atoms with Gasteiger partial charge in [0.1, 0.15) is 36.4 Å². The Morgan fingerprint density at radius 2 is 1.78 bits per heavy atom. The van der Waals surface area contributed by atoms with Gasteiger partial charge >= 0.3 is 0 Å². The molecular formula is C34H32ClN3O3. The first-order chi connectivity index (χ1) is 19.7. The Morgan fingerprint density at radius 3 is 2.59 bits per heavy atom. The molecule has 0 unspecified atom stereocenters. The van der Waals surface area contributed by atoms with Crippen molar-refractivity contribution in [2.24, 2.45) is 0 Å². The molecule has 0 aliphatic heterocycles. The van der Waals surface area contributed by atoms with Crippen molar-refractivity contribution in [2.75, 3.05) is 0 Å². The maximum Gasteiger partial charge on any atom is 0.142 e. The Bertz CT molecular complexity index is 1730. The van der Waals surface area contributed by atoms with E-state index in [1.165, 1.54) is 6.20 Å². The molecule has 5 rings (SSSR count). The normalized spacial score (nSPS) is 11.4. The van der Waals surface area contributed by atoms with Gasteiger partial charge in [-0.1, -0.05) is 35.9 Å². The number of nitrogens with one attached hydrogen (secondary N) is 1. The molecule has 2 aromatic heterocycles. The standard InChI is InChI=1S/C34H32ClN3O3/c1-22-27(6-5-7-29(22)25-8-9-31-26(13-25)10-11-39-31)21-41-33-15-32(28(14-30(33)35)19-38-34(2,3)4)40-20-24-12-23(16-36)17-37-18-24/h5-15,17-18,38H,19-21H2,1-4H3. The van der Waals surface area contributed by atoms with Crippen LogP contribution in [0.2, 0.25) is 5.02 Å². The van der Waals surface area contributed by atoms with Crippen LogP contribution in [0.15, 0.2) is 83.7 Å². The summed E-state index contributed by atoms with van der Waals surface area (Å²) in [6, 6.07) is 22.0. The number of pyridine rings is 1. The number of rotatable bonds is 9. The van der Waals surface area contributed by atoms with E-state index in [1.807, 2.05) is 30.3 Å². The Hall–Kier alpha value is -4.31. The van der Waals surface area contributed by atoms with E-state index in [0.717, 1.165) is 44.3 Å². The van der Waals surface area contributed by atoms with Crippen LogP contribution in [0.1, 0.15) is 48.6 Å². The number of ether oxygens (including phenoxy) is 2. The van der Waals surface area contributed by atoms with E-state index >= 15 is 0 Å². The third-order valence-corrected chi connectivity index (χ3v) is 7.13. The third-order valence-electron chi connectivity index (χ3n) is 6.84. The van der Waals surface area contributed by atoms with Gasteiger partial charge in [0.2, 0.25) is 0 Å². The number of furan rings is 1. The number of fused-ring (bicyclic) bond motifs is 1. The summed E-state index contributed by atoms with van der Waals surface area (Å²) in [6.45, 7) is 9.60. The minimum Gasteiger partial charge on any atom is -0.488 e. The Labute approximate surface area is 245 Å². The summed E-state index contributed by atoms with van der Waals surface area (Å²) in [6.07, 6.45) is 4.93. The second kappa shape index (κ2) is 12.1. The van der Waals surface area contributed by atoms with E-state index in [-0.39, 0.29) is 12.1 Å². The predicted molar refractivity (Wildman–Crippen MR) is 162 cm³/mol. The number of nitriles is 1. The lowest BCUT2D eigenvalue weighted by molar-refractivity contribution is 0.286. The molecule has 0 saturated carbocycles. The van der Waals surface area contributed by atoms with Gasteiger partial charge in [-0.25, -0.2) is 0 Å². The van der Waals surface area contributed by atoms with Gasteiger partial charge in [-0.15, -0.1) is 0 Å². The SMILES string of the molecule is Cc1c(COc2cc(OCc3cncc(C#N)c3)c(CNC(C)(C)C)cc2Cl)cccc1-c1ccc2occc2c1. The zero-order chi connectivity index (χ0) is 29.0. The highest BCUT2D eigenvalue weighted by Crippen LogP contribution is 2.35. The minimum absolute atomic E-state index is 0.0886. The summed E-state index contributed by atoms with van der Waals surface area (Å²) in [5.41, 5.74) is 7.45. The van der Waals surface area contributed by atoms with Crippen LogP contribution in [-0.4, -0.2) is 10.5 Å². The first-order valence-corrected chi connectivity index (χ1v) is 13.8. The molecule has 0 fully saturated rings. The number of hydrogen-bond acceptors (Lipinski definition) is 6. The van der Waals surface area contributed by atoms with Crippen molar-refractivity contribution in [3.63, 3.8) is 0 Å². The molecule has 0 radical (unpaired) electrons. The summed E-state index contributed by atoms with van der Waals surface area (Å²) in [5.74, 6) is 1.19. The number of hydrogen-bond donors (Lipinski definition) is 1. The number of aromatic nitrogens is 1. The van der Waals surface area contributed by atoms with Crippen molar-refractivity contribution in [3.8, 4) is 28.7 Å². The lowest BCUT2D eigenvalue weighted by Crippen LogP contribution is -2.35. The highest BCUT2D eigenvalue weighted by molar-refractivity contribution is 6.32. The molecule has 7 heteroatoms. The van der Waals surface area contributed by atoms with Crippen molar-refractivity contribution in [1.82, 2.24) is 10.3 Å². The van der Waals surface area contributed by atoms with E-state index < -0.39 is 0 Å².